The Labute approximate surface area is 103 Å². The van der Waals surface area contributed by atoms with Crippen molar-refractivity contribution in [1.29, 1.82) is 0 Å². The Kier molecular flexibility index (Phi) is 3.18. The Morgan fingerprint density at radius 2 is 2.00 bits per heavy atom. The molecule has 1 aromatic carbocycles. The van der Waals surface area contributed by atoms with Crippen LogP contribution in [-0.4, -0.2) is 26.1 Å². The topological polar surface area (TPSA) is 98.2 Å². The summed E-state index contributed by atoms with van der Waals surface area (Å²) in [5.74, 6) is -0.0885. The molecule has 0 radical (unpaired) electrons. The number of benzene rings is 1. The van der Waals surface area contributed by atoms with Gasteiger partial charge in [-0.1, -0.05) is 0 Å². The van der Waals surface area contributed by atoms with Crippen molar-refractivity contribution in [2.24, 2.45) is 0 Å². The molecule has 4 N–H and O–H groups in total. The lowest BCUT2D eigenvalue weighted by atomic mass is 10.1. The number of carbonyl (C=O) groups is 1. The van der Waals surface area contributed by atoms with Crippen molar-refractivity contribution in [1.82, 2.24) is 15.3 Å². The van der Waals surface area contributed by atoms with Crippen LogP contribution in [0.1, 0.15) is 29.1 Å². The molecule has 0 saturated heterocycles. The van der Waals surface area contributed by atoms with Crippen molar-refractivity contribution in [3.63, 3.8) is 0 Å². The van der Waals surface area contributed by atoms with Crippen LogP contribution >= 0.6 is 0 Å². The van der Waals surface area contributed by atoms with Gasteiger partial charge in [-0.15, -0.1) is 0 Å². The fourth-order valence-corrected chi connectivity index (χ4v) is 1.59. The summed E-state index contributed by atoms with van der Waals surface area (Å²) < 4.78 is 0. The van der Waals surface area contributed by atoms with Crippen LogP contribution in [0.2, 0.25) is 0 Å². The summed E-state index contributed by atoms with van der Waals surface area (Å²) in [6.07, 6.45) is 3.26. The van der Waals surface area contributed by atoms with Crippen molar-refractivity contribution in [3.8, 4) is 11.5 Å². The number of imidazole rings is 1. The minimum atomic E-state index is -0.398. The number of hydrogen-bond donors (Lipinski definition) is 4. The molecule has 1 heterocycles. The van der Waals surface area contributed by atoms with Gasteiger partial charge in [-0.3, -0.25) is 4.79 Å². The van der Waals surface area contributed by atoms with Gasteiger partial charge < -0.3 is 20.5 Å². The van der Waals surface area contributed by atoms with E-state index < -0.39 is 5.91 Å². The number of nitrogens with zero attached hydrogens (tertiary/aromatic N) is 1. The van der Waals surface area contributed by atoms with Gasteiger partial charge in [0.25, 0.3) is 5.91 Å². The van der Waals surface area contributed by atoms with Crippen LogP contribution in [0.5, 0.6) is 11.5 Å². The van der Waals surface area contributed by atoms with E-state index in [9.17, 15) is 15.0 Å². The number of nitrogens with one attached hydrogen (secondary N) is 2. The zero-order chi connectivity index (χ0) is 13.1. The molecule has 0 aliphatic rings. The van der Waals surface area contributed by atoms with E-state index in [1.54, 1.807) is 19.3 Å². The van der Waals surface area contributed by atoms with E-state index in [4.69, 9.17) is 0 Å². The molecular formula is C12H13N3O3. The zero-order valence-electron chi connectivity index (χ0n) is 9.71. The van der Waals surface area contributed by atoms with E-state index >= 15 is 0 Å². The Morgan fingerprint density at radius 1 is 1.33 bits per heavy atom. The maximum Gasteiger partial charge on any atom is 0.252 e. The number of aromatic hydroxyl groups is 2. The first-order chi connectivity index (χ1) is 8.56. The largest absolute Gasteiger partial charge is 0.508 e. The van der Waals surface area contributed by atoms with Gasteiger partial charge in [0, 0.05) is 24.0 Å². The second-order valence-corrected chi connectivity index (χ2v) is 3.91. The average molecular weight is 247 g/mol. The van der Waals surface area contributed by atoms with Crippen LogP contribution in [0.25, 0.3) is 0 Å². The van der Waals surface area contributed by atoms with Gasteiger partial charge in [0.1, 0.15) is 17.3 Å². The third kappa shape index (κ3) is 2.60. The second-order valence-electron chi connectivity index (χ2n) is 3.91. The second kappa shape index (κ2) is 4.79. The monoisotopic (exact) mass is 247 g/mol. The van der Waals surface area contributed by atoms with E-state index in [1.807, 2.05) is 0 Å². The maximum atomic E-state index is 11.9. The molecule has 0 spiro atoms. The van der Waals surface area contributed by atoms with Crippen LogP contribution in [0, 0.1) is 0 Å². The molecule has 0 aliphatic heterocycles. The number of hydrogen-bond acceptors (Lipinski definition) is 4. The normalized spacial score (nSPS) is 12.1. The summed E-state index contributed by atoms with van der Waals surface area (Å²) in [6, 6.07) is 3.43. The predicted octanol–water partition coefficient (Wildman–Crippen LogP) is 1.31. The Morgan fingerprint density at radius 3 is 2.56 bits per heavy atom. The van der Waals surface area contributed by atoms with Crippen LogP contribution < -0.4 is 5.32 Å². The summed E-state index contributed by atoms with van der Waals surface area (Å²) in [6.45, 7) is 1.78. The molecule has 0 saturated carbocycles. The first kappa shape index (κ1) is 12.0. The molecule has 0 aliphatic carbocycles. The molecular weight excluding hydrogens is 234 g/mol. The molecule has 0 bridgehead atoms. The number of rotatable bonds is 3. The minimum Gasteiger partial charge on any atom is -0.508 e. The summed E-state index contributed by atoms with van der Waals surface area (Å²) in [5, 5.41) is 21.3. The number of aromatic nitrogens is 2. The van der Waals surface area contributed by atoms with Crippen molar-refractivity contribution in [2.45, 2.75) is 13.0 Å². The fourth-order valence-electron chi connectivity index (χ4n) is 1.59. The zero-order valence-corrected chi connectivity index (χ0v) is 9.71. The Hall–Kier alpha value is -2.50. The predicted molar refractivity (Wildman–Crippen MR) is 64.2 cm³/mol. The van der Waals surface area contributed by atoms with E-state index in [-0.39, 0.29) is 23.1 Å². The number of H-pyrrole nitrogens is 1. The lowest BCUT2D eigenvalue weighted by Gasteiger charge is -2.11. The molecule has 0 fully saturated rings. The quantitative estimate of drug-likeness (QED) is 0.657. The van der Waals surface area contributed by atoms with E-state index in [0.29, 0.717) is 5.82 Å². The fraction of sp³-hybridized carbons (Fsp3) is 0.167. The summed E-state index contributed by atoms with van der Waals surface area (Å²) >= 11 is 0. The first-order valence-electron chi connectivity index (χ1n) is 5.39. The highest BCUT2D eigenvalue weighted by Gasteiger charge is 2.14. The number of phenolic OH excluding ortho intramolecular Hbond substituents is 2. The third-order valence-electron chi connectivity index (χ3n) is 2.44. The lowest BCUT2D eigenvalue weighted by molar-refractivity contribution is 0.0937. The Bertz CT molecular complexity index is 531. The van der Waals surface area contributed by atoms with Crippen molar-refractivity contribution in [3.05, 3.63) is 42.0 Å². The highest BCUT2D eigenvalue weighted by Crippen LogP contribution is 2.20. The standard InChI is InChI=1S/C12H13N3O3/c1-7(11-13-2-3-14-11)15-12(18)8-4-9(16)6-10(17)5-8/h2-7,16-17H,1H3,(H,13,14)(H,15,18). The van der Waals surface area contributed by atoms with Gasteiger partial charge in [-0.25, -0.2) is 4.98 Å². The number of amides is 1. The molecule has 6 heteroatoms. The van der Waals surface area contributed by atoms with Crippen molar-refractivity contribution in [2.75, 3.05) is 0 Å². The van der Waals surface area contributed by atoms with Gasteiger partial charge in [0.15, 0.2) is 0 Å². The SMILES string of the molecule is CC(NC(=O)c1cc(O)cc(O)c1)c1ncc[nH]1. The van der Waals surface area contributed by atoms with E-state index in [1.165, 1.54) is 12.1 Å². The number of aromatic amines is 1. The summed E-state index contributed by atoms with van der Waals surface area (Å²) in [7, 11) is 0. The molecule has 1 unspecified atom stereocenters. The highest BCUT2D eigenvalue weighted by atomic mass is 16.3. The molecule has 94 valence electrons. The van der Waals surface area contributed by atoms with Crippen LogP contribution in [0.3, 0.4) is 0 Å². The minimum absolute atomic E-state index is 0.161. The third-order valence-corrected chi connectivity index (χ3v) is 2.44. The van der Waals surface area contributed by atoms with Gasteiger partial charge in [0.2, 0.25) is 0 Å². The average Bonchev–Trinajstić information content (AvgIpc) is 2.80. The summed E-state index contributed by atoms with van der Waals surface area (Å²) in [5.41, 5.74) is 0.186. The van der Waals surface area contributed by atoms with Crippen LogP contribution in [-0.2, 0) is 0 Å². The molecule has 1 atom stereocenters. The Balaban J connectivity index is 2.12. The molecule has 1 amide bonds. The van der Waals surface area contributed by atoms with E-state index in [2.05, 4.69) is 15.3 Å². The highest BCUT2D eigenvalue weighted by molar-refractivity contribution is 5.95. The molecule has 2 aromatic rings. The lowest BCUT2D eigenvalue weighted by Crippen LogP contribution is -2.27. The van der Waals surface area contributed by atoms with E-state index in [0.717, 1.165) is 6.07 Å². The van der Waals surface area contributed by atoms with Crippen molar-refractivity contribution >= 4 is 5.91 Å². The molecule has 2 rings (SSSR count). The molecule has 6 nitrogen and oxygen atoms in total. The van der Waals surface area contributed by atoms with Crippen LogP contribution in [0.4, 0.5) is 0 Å². The van der Waals surface area contributed by atoms with Gasteiger partial charge in [0.05, 0.1) is 6.04 Å². The smallest absolute Gasteiger partial charge is 0.252 e. The molecule has 1 aromatic heterocycles. The summed E-state index contributed by atoms with van der Waals surface area (Å²) in [4.78, 5) is 18.8. The first-order valence-corrected chi connectivity index (χ1v) is 5.39. The maximum absolute atomic E-state index is 11.9. The number of carbonyl (C=O) groups excluding carboxylic acids is 1. The molecule has 18 heavy (non-hydrogen) atoms. The van der Waals surface area contributed by atoms with Gasteiger partial charge in [-0.2, -0.15) is 0 Å². The van der Waals surface area contributed by atoms with Crippen molar-refractivity contribution < 1.29 is 15.0 Å². The van der Waals surface area contributed by atoms with Crippen LogP contribution in [0.15, 0.2) is 30.6 Å². The van der Waals surface area contributed by atoms with Gasteiger partial charge >= 0.3 is 0 Å². The number of phenols is 2. The van der Waals surface area contributed by atoms with Gasteiger partial charge in [-0.05, 0) is 19.1 Å².